The Labute approximate surface area is 131 Å². The minimum absolute atomic E-state index is 0.0438. The number of hydrogen-bond donors (Lipinski definition) is 1. The van der Waals surface area contributed by atoms with Crippen LogP contribution in [0.25, 0.3) is 10.8 Å². The molecule has 0 saturated carbocycles. The first kappa shape index (κ1) is 14.0. The van der Waals surface area contributed by atoms with Crippen LogP contribution >= 0.6 is 27.7 Å². The first-order valence-electron chi connectivity index (χ1n) is 6.80. The van der Waals surface area contributed by atoms with E-state index in [2.05, 4.69) is 27.3 Å². The molecule has 1 fully saturated rings. The molecular weight excluding hydrogens is 334 g/mol. The van der Waals surface area contributed by atoms with Gasteiger partial charge in [-0.15, -0.1) is 0 Å². The highest BCUT2D eigenvalue weighted by atomic mass is 79.9. The predicted octanol–water partition coefficient (Wildman–Crippen LogP) is 4.23. The number of fused-ring (bicyclic) bond motifs is 1. The van der Waals surface area contributed by atoms with Gasteiger partial charge in [0.15, 0.2) is 0 Å². The van der Waals surface area contributed by atoms with Crippen LogP contribution in [0, 0.1) is 0 Å². The minimum atomic E-state index is 0.0438. The highest BCUT2D eigenvalue weighted by molar-refractivity contribution is 9.10. The molecule has 2 aromatic rings. The van der Waals surface area contributed by atoms with Gasteiger partial charge in [0.2, 0.25) is 0 Å². The lowest BCUT2D eigenvalue weighted by Gasteiger charge is -2.22. The van der Waals surface area contributed by atoms with Gasteiger partial charge in [-0.25, -0.2) is 0 Å². The van der Waals surface area contributed by atoms with Crippen molar-refractivity contribution >= 4 is 44.4 Å². The van der Waals surface area contributed by atoms with Crippen molar-refractivity contribution in [2.24, 2.45) is 0 Å². The van der Waals surface area contributed by atoms with Crippen molar-refractivity contribution < 1.29 is 4.79 Å². The van der Waals surface area contributed by atoms with Crippen molar-refractivity contribution in [3.63, 3.8) is 0 Å². The van der Waals surface area contributed by atoms with Crippen LogP contribution in [0.4, 0.5) is 0 Å². The number of thioether (sulfide) groups is 1. The molecule has 0 bridgehead atoms. The van der Waals surface area contributed by atoms with E-state index in [0.717, 1.165) is 33.0 Å². The van der Waals surface area contributed by atoms with Gasteiger partial charge in [0.25, 0.3) is 5.91 Å². The zero-order valence-corrected chi connectivity index (χ0v) is 13.5. The Morgan fingerprint density at radius 2 is 2.00 bits per heavy atom. The highest BCUT2D eigenvalue weighted by Gasteiger charge is 2.17. The third kappa shape index (κ3) is 3.18. The molecule has 2 aromatic carbocycles. The Hall–Kier alpha value is -1.00. The largest absolute Gasteiger partial charge is 0.348 e. The van der Waals surface area contributed by atoms with E-state index < -0.39 is 0 Å². The lowest BCUT2D eigenvalue weighted by atomic mass is 10.1. The Morgan fingerprint density at radius 3 is 2.80 bits per heavy atom. The zero-order chi connectivity index (χ0) is 13.9. The molecule has 1 atom stereocenters. The lowest BCUT2D eigenvalue weighted by molar-refractivity contribution is 0.0939. The van der Waals surface area contributed by atoms with Crippen LogP contribution in [0.2, 0.25) is 0 Å². The number of amides is 1. The average Bonchev–Trinajstić information content (AvgIpc) is 2.47. The summed E-state index contributed by atoms with van der Waals surface area (Å²) in [6.45, 7) is 0. The van der Waals surface area contributed by atoms with Crippen molar-refractivity contribution in [1.82, 2.24) is 5.32 Å². The maximum atomic E-state index is 12.3. The van der Waals surface area contributed by atoms with Gasteiger partial charge in [0.05, 0.1) is 0 Å². The van der Waals surface area contributed by atoms with E-state index in [1.54, 1.807) is 0 Å². The minimum Gasteiger partial charge on any atom is -0.348 e. The Morgan fingerprint density at radius 1 is 1.20 bits per heavy atom. The summed E-state index contributed by atoms with van der Waals surface area (Å²) in [6.07, 6.45) is 2.29. The van der Waals surface area contributed by atoms with Crippen LogP contribution in [-0.2, 0) is 0 Å². The fraction of sp³-hybridized carbons (Fsp3) is 0.312. The molecule has 1 aliphatic heterocycles. The van der Waals surface area contributed by atoms with Crippen LogP contribution < -0.4 is 5.32 Å². The summed E-state index contributed by atoms with van der Waals surface area (Å²) in [4.78, 5) is 12.3. The second-order valence-corrected chi connectivity index (χ2v) is 7.16. The number of rotatable bonds is 2. The third-order valence-corrected chi connectivity index (χ3v) is 5.27. The Balaban J connectivity index is 1.78. The molecular formula is C16H16BrNOS. The van der Waals surface area contributed by atoms with Gasteiger partial charge in [0, 0.05) is 21.8 Å². The summed E-state index contributed by atoms with van der Waals surface area (Å²) < 4.78 is 1.06. The molecule has 2 nitrogen and oxygen atoms in total. The number of benzene rings is 2. The van der Waals surface area contributed by atoms with E-state index in [4.69, 9.17) is 0 Å². The number of carbonyl (C=O) groups is 1. The summed E-state index contributed by atoms with van der Waals surface area (Å²) in [7, 11) is 0. The fourth-order valence-corrected chi connectivity index (χ4v) is 3.93. The molecule has 1 unspecified atom stereocenters. The number of carbonyl (C=O) groups excluding carboxylic acids is 1. The molecule has 0 spiro atoms. The van der Waals surface area contributed by atoms with Crippen molar-refractivity contribution in [1.29, 1.82) is 0 Å². The SMILES string of the molecule is O=C(NC1CCCSC1)c1ccc2cc(Br)ccc2c1. The van der Waals surface area contributed by atoms with Gasteiger partial charge in [-0.05, 0) is 53.6 Å². The molecule has 1 saturated heterocycles. The Kier molecular flexibility index (Phi) is 4.32. The van der Waals surface area contributed by atoms with Gasteiger partial charge in [-0.1, -0.05) is 28.1 Å². The quantitative estimate of drug-likeness (QED) is 0.878. The van der Waals surface area contributed by atoms with E-state index in [0.29, 0.717) is 6.04 Å². The first-order chi connectivity index (χ1) is 9.72. The monoisotopic (exact) mass is 349 g/mol. The molecule has 1 aliphatic rings. The van der Waals surface area contributed by atoms with E-state index in [9.17, 15) is 4.79 Å². The molecule has 3 rings (SSSR count). The van der Waals surface area contributed by atoms with Crippen LogP contribution in [0.1, 0.15) is 23.2 Å². The number of halogens is 1. The summed E-state index contributed by atoms with van der Waals surface area (Å²) in [5.74, 6) is 2.30. The average molecular weight is 350 g/mol. The summed E-state index contributed by atoms with van der Waals surface area (Å²) >= 11 is 5.39. The smallest absolute Gasteiger partial charge is 0.251 e. The molecule has 1 heterocycles. The predicted molar refractivity (Wildman–Crippen MR) is 89.5 cm³/mol. The second kappa shape index (κ2) is 6.19. The van der Waals surface area contributed by atoms with Gasteiger partial charge in [-0.2, -0.15) is 11.8 Å². The maximum Gasteiger partial charge on any atom is 0.251 e. The molecule has 104 valence electrons. The van der Waals surface area contributed by atoms with Crippen LogP contribution in [0.5, 0.6) is 0 Å². The van der Waals surface area contributed by atoms with Crippen molar-refractivity contribution in [2.45, 2.75) is 18.9 Å². The summed E-state index contributed by atoms with van der Waals surface area (Å²) in [5, 5.41) is 5.38. The van der Waals surface area contributed by atoms with Crippen molar-refractivity contribution in [2.75, 3.05) is 11.5 Å². The van der Waals surface area contributed by atoms with E-state index in [-0.39, 0.29) is 5.91 Å². The van der Waals surface area contributed by atoms with Gasteiger partial charge in [0.1, 0.15) is 0 Å². The topological polar surface area (TPSA) is 29.1 Å². The first-order valence-corrected chi connectivity index (χ1v) is 8.75. The molecule has 0 radical (unpaired) electrons. The number of nitrogens with one attached hydrogen (secondary N) is 1. The normalized spacial score (nSPS) is 18.9. The zero-order valence-electron chi connectivity index (χ0n) is 11.1. The molecule has 4 heteroatoms. The van der Waals surface area contributed by atoms with Crippen LogP contribution in [0.3, 0.4) is 0 Å². The van der Waals surface area contributed by atoms with Crippen molar-refractivity contribution in [3.05, 3.63) is 46.4 Å². The standard InChI is InChI=1S/C16H16BrNOS/c17-14-6-5-11-8-13(4-3-12(11)9-14)16(19)18-15-2-1-7-20-10-15/h3-6,8-9,15H,1-2,7,10H2,(H,18,19). The van der Waals surface area contributed by atoms with Crippen molar-refractivity contribution in [3.8, 4) is 0 Å². The van der Waals surface area contributed by atoms with Gasteiger partial charge in [-0.3, -0.25) is 4.79 Å². The van der Waals surface area contributed by atoms with E-state index >= 15 is 0 Å². The molecule has 1 amide bonds. The summed E-state index contributed by atoms with van der Waals surface area (Å²) in [6, 6.07) is 12.3. The molecule has 1 N–H and O–H groups in total. The third-order valence-electron chi connectivity index (χ3n) is 3.56. The molecule has 0 aromatic heterocycles. The van der Waals surface area contributed by atoms with Crippen LogP contribution in [-0.4, -0.2) is 23.5 Å². The Bertz CT molecular complexity index is 637. The summed E-state index contributed by atoms with van der Waals surface area (Å²) in [5.41, 5.74) is 0.746. The maximum absolute atomic E-state index is 12.3. The number of hydrogen-bond acceptors (Lipinski definition) is 2. The van der Waals surface area contributed by atoms with E-state index in [1.807, 2.05) is 42.1 Å². The highest BCUT2D eigenvalue weighted by Crippen LogP contribution is 2.22. The van der Waals surface area contributed by atoms with Gasteiger partial charge >= 0.3 is 0 Å². The second-order valence-electron chi connectivity index (χ2n) is 5.09. The van der Waals surface area contributed by atoms with Gasteiger partial charge < -0.3 is 5.32 Å². The lowest BCUT2D eigenvalue weighted by Crippen LogP contribution is -2.38. The van der Waals surface area contributed by atoms with E-state index in [1.165, 1.54) is 12.2 Å². The molecule has 20 heavy (non-hydrogen) atoms. The fourth-order valence-electron chi connectivity index (χ4n) is 2.48. The molecule has 0 aliphatic carbocycles. The van der Waals surface area contributed by atoms with Crippen LogP contribution in [0.15, 0.2) is 40.9 Å².